The number of ether oxygens (including phenoxy) is 2. The van der Waals surface area contributed by atoms with Gasteiger partial charge in [-0.1, -0.05) is 23.7 Å². The maximum atomic E-state index is 12.2. The number of nitrogens with zero attached hydrogens (tertiary/aromatic N) is 2. The molecule has 1 aliphatic rings. The van der Waals surface area contributed by atoms with Gasteiger partial charge < -0.3 is 19.7 Å². The third kappa shape index (κ3) is 5.09. The Morgan fingerprint density at radius 1 is 1.35 bits per heavy atom. The van der Waals surface area contributed by atoms with E-state index in [2.05, 4.69) is 15.2 Å². The van der Waals surface area contributed by atoms with Gasteiger partial charge in [0.15, 0.2) is 6.10 Å². The summed E-state index contributed by atoms with van der Waals surface area (Å²) in [5.74, 6) is 1.31. The van der Waals surface area contributed by atoms with Gasteiger partial charge in [0.05, 0.1) is 13.2 Å². The van der Waals surface area contributed by atoms with Crippen LogP contribution in [0.2, 0.25) is 5.02 Å². The van der Waals surface area contributed by atoms with Gasteiger partial charge in [-0.05, 0) is 36.8 Å². The lowest BCUT2D eigenvalue weighted by atomic mass is 10.2. The summed E-state index contributed by atoms with van der Waals surface area (Å²) < 4.78 is 11.0. The first-order valence-corrected chi connectivity index (χ1v) is 8.97. The summed E-state index contributed by atoms with van der Waals surface area (Å²) in [7, 11) is 0. The van der Waals surface area contributed by atoms with Gasteiger partial charge in [0, 0.05) is 30.9 Å². The minimum atomic E-state index is -0.617. The number of hydrogen-bond acceptors (Lipinski definition) is 5. The Morgan fingerprint density at radius 2 is 2.15 bits per heavy atom. The van der Waals surface area contributed by atoms with Crippen molar-refractivity contribution >= 4 is 23.3 Å². The maximum absolute atomic E-state index is 12.2. The van der Waals surface area contributed by atoms with Crippen molar-refractivity contribution in [1.29, 1.82) is 0 Å². The quantitative estimate of drug-likeness (QED) is 0.841. The minimum absolute atomic E-state index is 0.192. The number of rotatable bonds is 6. The molecule has 1 amide bonds. The molecule has 138 valence electrons. The van der Waals surface area contributed by atoms with Gasteiger partial charge in [0.25, 0.3) is 5.91 Å². The number of nitrogens with one attached hydrogen (secondary N) is 1. The van der Waals surface area contributed by atoms with Crippen molar-refractivity contribution in [2.75, 3.05) is 31.2 Å². The Balaban J connectivity index is 1.49. The van der Waals surface area contributed by atoms with Crippen LogP contribution in [-0.2, 0) is 16.1 Å². The van der Waals surface area contributed by atoms with Gasteiger partial charge in [0.2, 0.25) is 0 Å². The second kappa shape index (κ2) is 8.87. The lowest BCUT2D eigenvalue weighted by Gasteiger charge is -2.27. The highest BCUT2D eigenvalue weighted by Gasteiger charge is 2.15. The molecule has 6 nitrogen and oxygen atoms in total. The molecular weight excluding hydrogens is 354 g/mol. The van der Waals surface area contributed by atoms with Crippen LogP contribution in [0.25, 0.3) is 0 Å². The maximum Gasteiger partial charge on any atom is 0.261 e. The summed E-state index contributed by atoms with van der Waals surface area (Å²) in [6.07, 6.45) is 1.17. The number of anilines is 1. The van der Waals surface area contributed by atoms with Gasteiger partial charge in [-0.2, -0.15) is 0 Å². The summed E-state index contributed by atoms with van der Waals surface area (Å²) in [6, 6.07) is 10.9. The third-order valence-electron chi connectivity index (χ3n) is 4.09. The molecule has 0 unspecified atom stereocenters. The molecule has 0 saturated carbocycles. The lowest BCUT2D eigenvalue weighted by Crippen LogP contribution is -2.37. The van der Waals surface area contributed by atoms with E-state index in [1.807, 2.05) is 12.1 Å². The smallest absolute Gasteiger partial charge is 0.261 e. The van der Waals surface area contributed by atoms with Crippen LogP contribution in [0, 0.1) is 0 Å². The predicted molar refractivity (Wildman–Crippen MR) is 101 cm³/mol. The molecule has 1 atom stereocenters. The largest absolute Gasteiger partial charge is 0.481 e. The molecule has 0 spiro atoms. The number of hydrogen-bond donors (Lipinski definition) is 1. The predicted octanol–water partition coefficient (Wildman–Crippen LogP) is 2.66. The molecule has 2 heterocycles. The Morgan fingerprint density at radius 3 is 2.85 bits per heavy atom. The van der Waals surface area contributed by atoms with Crippen LogP contribution in [0.5, 0.6) is 5.75 Å². The average Bonchev–Trinajstić information content (AvgIpc) is 2.67. The first-order chi connectivity index (χ1) is 12.6. The van der Waals surface area contributed by atoms with Crippen molar-refractivity contribution in [3.63, 3.8) is 0 Å². The van der Waals surface area contributed by atoms with Crippen molar-refractivity contribution in [3.05, 3.63) is 53.2 Å². The van der Waals surface area contributed by atoms with Crippen LogP contribution in [0.1, 0.15) is 12.5 Å². The molecule has 3 rings (SSSR count). The normalized spacial score (nSPS) is 15.4. The van der Waals surface area contributed by atoms with E-state index in [4.69, 9.17) is 21.1 Å². The van der Waals surface area contributed by atoms with Crippen molar-refractivity contribution in [2.45, 2.75) is 19.6 Å². The number of morpholine rings is 1. The summed E-state index contributed by atoms with van der Waals surface area (Å²) in [5.41, 5.74) is 0.935. The molecule has 0 radical (unpaired) electrons. The van der Waals surface area contributed by atoms with Crippen molar-refractivity contribution < 1.29 is 14.3 Å². The molecule has 2 aromatic rings. The van der Waals surface area contributed by atoms with E-state index in [1.54, 1.807) is 37.4 Å². The molecule has 1 aromatic carbocycles. The zero-order valence-electron chi connectivity index (χ0n) is 14.7. The van der Waals surface area contributed by atoms with Gasteiger partial charge >= 0.3 is 0 Å². The Bertz CT molecular complexity index is 733. The zero-order valence-corrected chi connectivity index (χ0v) is 15.4. The van der Waals surface area contributed by atoms with Crippen LogP contribution in [0.4, 0.5) is 5.82 Å². The molecule has 0 aliphatic carbocycles. The topological polar surface area (TPSA) is 63.7 Å². The van der Waals surface area contributed by atoms with E-state index in [-0.39, 0.29) is 5.91 Å². The van der Waals surface area contributed by atoms with E-state index in [9.17, 15) is 4.79 Å². The van der Waals surface area contributed by atoms with Crippen LogP contribution in [-0.4, -0.2) is 43.3 Å². The highest BCUT2D eigenvalue weighted by molar-refractivity contribution is 6.30. The van der Waals surface area contributed by atoms with Crippen LogP contribution >= 0.6 is 11.6 Å². The van der Waals surface area contributed by atoms with Crippen LogP contribution in [0.15, 0.2) is 42.6 Å². The van der Waals surface area contributed by atoms with E-state index >= 15 is 0 Å². The number of pyridine rings is 1. The van der Waals surface area contributed by atoms with E-state index in [1.165, 1.54) is 0 Å². The minimum Gasteiger partial charge on any atom is -0.481 e. The first-order valence-electron chi connectivity index (χ1n) is 8.59. The third-order valence-corrected chi connectivity index (χ3v) is 4.32. The number of carbonyl (C=O) groups is 1. The standard InChI is InChI=1S/C19H22ClN3O3/c1-14(26-17-4-2-3-16(20)11-17)19(24)22-13-15-5-6-18(21-12-15)23-7-9-25-10-8-23/h2-6,11-12,14H,7-10,13H2,1H3,(H,22,24)/t14-/m1/s1. The van der Waals surface area contributed by atoms with E-state index < -0.39 is 6.10 Å². The van der Waals surface area contributed by atoms with Gasteiger partial charge in [0.1, 0.15) is 11.6 Å². The summed E-state index contributed by atoms with van der Waals surface area (Å²) >= 11 is 5.92. The molecule has 1 aromatic heterocycles. The Labute approximate surface area is 158 Å². The molecule has 1 saturated heterocycles. The molecule has 1 aliphatic heterocycles. The summed E-state index contributed by atoms with van der Waals surface area (Å²) in [5, 5.41) is 3.43. The second-order valence-corrected chi connectivity index (χ2v) is 6.50. The van der Waals surface area contributed by atoms with Crippen molar-refractivity contribution in [1.82, 2.24) is 10.3 Å². The Hall–Kier alpha value is -2.31. The fourth-order valence-electron chi connectivity index (χ4n) is 2.63. The molecule has 1 N–H and O–H groups in total. The fraction of sp³-hybridized carbons (Fsp3) is 0.368. The van der Waals surface area contributed by atoms with Gasteiger partial charge in [-0.25, -0.2) is 4.98 Å². The second-order valence-electron chi connectivity index (χ2n) is 6.06. The lowest BCUT2D eigenvalue weighted by molar-refractivity contribution is -0.127. The SMILES string of the molecule is C[C@@H](Oc1cccc(Cl)c1)C(=O)NCc1ccc(N2CCOCC2)nc1. The molecule has 7 heteroatoms. The number of halogens is 1. The van der Waals surface area contributed by atoms with Crippen molar-refractivity contribution in [3.8, 4) is 5.75 Å². The van der Waals surface area contributed by atoms with Crippen LogP contribution in [0.3, 0.4) is 0 Å². The van der Waals surface area contributed by atoms with E-state index in [0.717, 1.165) is 37.7 Å². The van der Waals surface area contributed by atoms with Gasteiger partial charge in [-0.15, -0.1) is 0 Å². The van der Waals surface area contributed by atoms with Crippen LogP contribution < -0.4 is 15.0 Å². The first kappa shape index (κ1) is 18.5. The fourth-order valence-corrected chi connectivity index (χ4v) is 2.81. The highest BCUT2D eigenvalue weighted by Crippen LogP contribution is 2.18. The van der Waals surface area contributed by atoms with Gasteiger partial charge in [-0.3, -0.25) is 4.79 Å². The highest BCUT2D eigenvalue weighted by atomic mass is 35.5. The molecule has 0 bridgehead atoms. The van der Waals surface area contributed by atoms with E-state index in [0.29, 0.717) is 17.3 Å². The molecular formula is C19H22ClN3O3. The summed E-state index contributed by atoms with van der Waals surface area (Å²) in [6.45, 7) is 5.26. The number of amides is 1. The number of aromatic nitrogens is 1. The van der Waals surface area contributed by atoms with Crippen molar-refractivity contribution in [2.24, 2.45) is 0 Å². The molecule has 26 heavy (non-hydrogen) atoms. The Kier molecular flexibility index (Phi) is 6.30. The molecule has 1 fully saturated rings. The average molecular weight is 376 g/mol. The zero-order chi connectivity index (χ0) is 18.4. The number of benzene rings is 1. The monoisotopic (exact) mass is 375 g/mol. The number of carbonyl (C=O) groups excluding carboxylic acids is 1. The summed E-state index contributed by atoms with van der Waals surface area (Å²) in [4.78, 5) is 18.9.